The summed E-state index contributed by atoms with van der Waals surface area (Å²) in [6, 6.07) is 14.9. The second kappa shape index (κ2) is 6.76. The fourth-order valence-corrected chi connectivity index (χ4v) is 1.36. The van der Waals surface area contributed by atoms with E-state index in [1.165, 1.54) is 18.7 Å². The Kier molecular flexibility index (Phi) is 5.33. The Hall–Kier alpha value is -1.87. The van der Waals surface area contributed by atoms with Gasteiger partial charge in [-0.05, 0) is 24.3 Å². The van der Waals surface area contributed by atoms with Gasteiger partial charge in [0.15, 0.2) is 0 Å². The van der Waals surface area contributed by atoms with Gasteiger partial charge in [0.25, 0.3) is 0 Å². The fraction of sp³-hybridized carbons (Fsp3) is 0. The minimum absolute atomic E-state index is 0. The zero-order chi connectivity index (χ0) is 12.1. The summed E-state index contributed by atoms with van der Waals surface area (Å²) in [6.07, 6.45) is 0. The fourth-order valence-electron chi connectivity index (χ4n) is 1.36. The van der Waals surface area contributed by atoms with Gasteiger partial charge in [0.1, 0.15) is 11.6 Å². The molecule has 0 unspecified atom stereocenters. The van der Waals surface area contributed by atoms with Crippen LogP contribution < -0.4 is 23.6 Å². The van der Waals surface area contributed by atoms with Gasteiger partial charge >= 0.3 is 18.9 Å². The van der Waals surface area contributed by atoms with Crippen LogP contribution >= 0.6 is 0 Å². The molecule has 2 rings (SSSR count). The quantitative estimate of drug-likeness (QED) is 0.564. The van der Waals surface area contributed by atoms with Gasteiger partial charge in [-0.25, -0.2) is 4.39 Å². The molecule has 0 amide bonds. The van der Waals surface area contributed by atoms with Gasteiger partial charge in [-0.2, -0.15) is 16.9 Å². The van der Waals surface area contributed by atoms with Crippen LogP contribution in [0.2, 0.25) is 0 Å². The predicted octanol–water partition coefficient (Wildman–Crippen LogP) is 0.290. The molecule has 18 heavy (non-hydrogen) atoms. The van der Waals surface area contributed by atoms with Crippen molar-refractivity contribution in [2.75, 3.05) is 0 Å². The van der Waals surface area contributed by atoms with Gasteiger partial charge in [-0.3, -0.25) is 0 Å². The van der Waals surface area contributed by atoms with E-state index in [1.54, 1.807) is 36.4 Å². The molecule has 0 aliphatic rings. The first-order valence-electron chi connectivity index (χ1n) is 5.03. The predicted molar refractivity (Wildman–Crippen MR) is 61.6 cm³/mol. The van der Waals surface area contributed by atoms with E-state index in [2.05, 4.69) is 0 Å². The Morgan fingerprint density at radius 3 is 2.61 bits per heavy atom. The zero-order valence-electron chi connectivity index (χ0n) is 9.93. The van der Waals surface area contributed by atoms with E-state index < -0.39 is 0 Å². The topological polar surface area (TPSA) is 33.0 Å². The minimum Gasteiger partial charge on any atom is -0.523 e. The van der Waals surface area contributed by atoms with Gasteiger partial charge < -0.3 is 4.74 Å². The summed E-state index contributed by atoms with van der Waals surface area (Å²) in [5, 5.41) is 8.73. The van der Waals surface area contributed by atoms with Crippen molar-refractivity contribution in [2.24, 2.45) is 0 Å². The van der Waals surface area contributed by atoms with Gasteiger partial charge in [-0.1, -0.05) is 12.1 Å². The second-order valence-corrected chi connectivity index (χ2v) is 3.43. The summed E-state index contributed by atoms with van der Waals surface area (Å²) in [7, 11) is 0. The standard InChI is InChI=1S/C14H9FNO.Li/c15-13-5-2-6-14(8-13)17-10-12-4-1-3-11(7-12)9-16;/h1-8,10H;/q-1;+1. The molecule has 0 radical (unpaired) electrons. The van der Waals surface area contributed by atoms with Crippen molar-refractivity contribution in [3.63, 3.8) is 0 Å². The van der Waals surface area contributed by atoms with Crippen LogP contribution in [-0.2, 0) is 0 Å². The Labute approximate surface area is 117 Å². The van der Waals surface area contributed by atoms with E-state index >= 15 is 0 Å². The number of halogens is 1. The molecule has 0 heterocycles. The summed E-state index contributed by atoms with van der Waals surface area (Å²) in [6.45, 7) is 1.48. The van der Waals surface area contributed by atoms with Crippen molar-refractivity contribution in [1.82, 2.24) is 0 Å². The Bertz CT molecular complexity index is 566. The molecule has 4 heteroatoms. The first-order valence-corrected chi connectivity index (χ1v) is 5.03. The summed E-state index contributed by atoms with van der Waals surface area (Å²) in [4.78, 5) is 0. The third-order valence-electron chi connectivity index (χ3n) is 2.14. The van der Waals surface area contributed by atoms with E-state index in [0.717, 1.165) is 5.56 Å². The normalized spacial score (nSPS) is 8.89. The average molecular weight is 233 g/mol. The number of hydrogen-bond acceptors (Lipinski definition) is 2. The van der Waals surface area contributed by atoms with Crippen LogP contribution in [0.25, 0.3) is 0 Å². The average Bonchev–Trinajstić information content (AvgIpc) is 2.37. The first-order chi connectivity index (χ1) is 8.28. The Morgan fingerprint density at radius 1 is 1.11 bits per heavy atom. The van der Waals surface area contributed by atoms with Crippen molar-refractivity contribution >= 4 is 0 Å². The maximum Gasteiger partial charge on any atom is 1.00 e. The largest absolute Gasteiger partial charge is 1.00 e. The number of hydrogen-bond donors (Lipinski definition) is 0. The summed E-state index contributed by atoms with van der Waals surface area (Å²) in [5.41, 5.74) is 1.31. The van der Waals surface area contributed by atoms with Crippen LogP contribution in [0.15, 0.2) is 48.5 Å². The molecule has 2 aromatic rings. The molecule has 0 saturated carbocycles. The van der Waals surface area contributed by atoms with Crippen LogP contribution in [0.5, 0.6) is 5.75 Å². The summed E-state index contributed by atoms with van der Waals surface area (Å²) < 4.78 is 18.2. The van der Waals surface area contributed by atoms with E-state index in [-0.39, 0.29) is 24.7 Å². The van der Waals surface area contributed by atoms with Crippen molar-refractivity contribution in [3.05, 3.63) is 72.1 Å². The molecular formula is C14H9FLiNO. The molecule has 0 bridgehead atoms. The molecular weight excluding hydrogens is 224 g/mol. The SMILES string of the molecule is N#Cc1cccc([CH-]Oc2cccc(F)c2)c1.[Li+]. The third-order valence-corrected chi connectivity index (χ3v) is 2.14. The van der Waals surface area contributed by atoms with Crippen LogP contribution in [0.4, 0.5) is 4.39 Å². The van der Waals surface area contributed by atoms with E-state index in [0.29, 0.717) is 11.3 Å². The molecule has 0 atom stereocenters. The molecule has 84 valence electrons. The van der Waals surface area contributed by atoms with Crippen LogP contribution in [0, 0.1) is 23.8 Å². The molecule has 2 aromatic carbocycles. The van der Waals surface area contributed by atoms with Crippen molar-refractivity contribution < 1.29 is 28.0 Å². The van der Waals surface area contributed by atoms with Crippen molar-refractivity contribution in [1.29, 1.82) is 5.26 Å². The van der Waals surface area contributed by atoms with Crippen molar-refractivity contribution in [2.45, 2.75) is 0 Å². The van der Waals surface area contributed by atoms with Gasteiger partial charge in [-0.15, -0.1) is 12.1 Å². The molecule has 0 spiro atoms. The Balaban J connectivity index is 0.00000162. The molecule has 2 nitrogen and oxygen atoms in total. The molecule has 0 fully saturated rings. The molecule has 0 aliphatic carbocycles. The van der Waals surface area contributed by atoms with E-state index in [4.69, 9.17) is 10.00 Å². The smallest absolute Gasteiger partial charge is 0.523 e. The summed E-state index contributed by atoms with van der Waals surface area (Å²) >= 11 is 0. The first kappa shape index (κ1) is 14.2. The molecule has 0 N–H and O–H groups in total. The number of nitrogens with zero attached hydrogens (tertiary/aromatic N) is 1. The monoisotopic (exact) mass is 233 g/mol. The Morgan fingerprint density at radius 2 is 1.89 bits per heavy atom. The van der Waals surface area contributed by atoms with E-state index in [1.807, 2.05) is 6.07 Å². The molecule has 0 saturated heterocycles. The number of nitriles is 1. The van der Waals surface area contributed by atoms with Gasteiger partial charge in [0, 0.05) is 6.07 Å². The van der Waals surface area contributed by atoms with Crippen LogP contribution in [0.1, 0.15) is 11.1 Å². The maximum atomic E-state index is 12.9. The molecule has 0 aliphatic heterocycles. The number of rotatable bonds is 3. The van der Waals surface area contributed by atoms with Gasteiger partial charge in [0.05, 0.1) is 6.07 Å². The van der Waals surface area contributed by atoms with Crippen LogP contribution in [0.3, 0.4) is 0 Å². The maximum absolute atomic E-state index is 12.9. The number of ether oxygens (including phenoxy) is 1. The third kappa shape index (κ3) is 3.86. The van der Waals surface area contributed by atoms with Crippen LogP contribution in [-0.4, -0.2) is 0 Å². The summed E-state index contributed by atoms with van der Waals surface area (Å²) in [5.74, 6) is 0.0778. The molecule has 0 aromatic heterocycles. The minimum atomic E-state index is -0.346. The second-order valence-electron chi connectivity index (χ2n) is 3.43. The van der Waals surface area contributed by atoms with Gasteiger partial charge in [0.2, 0.25) is 0 Å². The number of benzene rings is 2. The van der Waals surface area contributed by atoms with Crippen molar-refractivity contribution in [3.8, 4) is 11.8 Å². The van der Waals surface area contributed by atoms with E-state index in [9.17, 15) is 4.39 Å². The zero-order valence-corrected chi connectivity index (χ0v) is 9.93.